The van der Waals surface area contributed by atoms with Gasteiger partial charge in [0.2, 0.25) is 5.91 Å². The van der Waals surface area contributed by atoms with E-state index in [4.69, 9.17) is 0 Å². The van der Waals surface area contributed by atoms with E-state index in [1.807, 2.05) is 5.48 Å². The molecule has 0 heterocycles. The zero-order valence-electron chi connectivity index (χ0n) is 10.4. The van der Waals surface area contributed by atoms with Crippen LogP contribution in [0.25, 0.3) is 0 Å². The van der Waals surface area contributed by atoms with E-state index in [1.54, 1.807) is 7.05 Å². The summed E-state index contributed by atoms with van der Waals surface area (Å²) in [6.45, 7) is -1.47. The number of alkyl halides is 3. The first kappa shape index (κ1) is 15.2. The van der Waals surface area contributed by atoms with Crippen LogP contribution >= 0.6 is 0 Å². The van der Waals surface area contributed by atoms with Crippen molar-refractivity contribution < 1.29 is 22.8 Å². The zero-order chi connectivity index (χ0) is 13.6. The molecule has 7 heteroatoms. The minimum absolute atomic E-state index is 0.140. The SMILES string of the molecule is CNC1(CC(=O)NOCC(F)(F)F)CCCCC1. The Labute approximate surface area is 104 Å². The molecule has 0 aliphatic heterocycles. The van der Waals surface area contributed by atoms with E-state index in [2.05, 4.69) is 10.2 Å². The van der Waals surface area contributed by atoms with Gasteiger partial charge >= 0.3 is 6.18 Å². The van der Waals surface area contributed by atoms with Gasteiger partial charge in [0.05, 0.1) is 0 Å². The number of carbonyl (C=O) groups excluding carboxylic acids is 1. The van der Waals surface area contributed by atoms with Crippen molar-refractivity contribution in [2.45, 2.75) is 50.2 Å². The Bertz CT molecular complexity index is 276. The number of halogens is 3. The van der Waals surface area contributed by atoms with Gasteiger partial charge in [-0.2, -0.15) is 13.2 Å². The summed E-state index contributed by atoms with van der Waals surface area (Å²) in [6, 6.07) is 0. The van der Waals surface area contributed by atoms with Crippen LogP contribution in [0.15, 0.2) is 0 Å². The van der Waals surface area contributed by atoms with Gasteiger partial charge in [-0.3, -0.25) is 9.63 Å². The number of hydroxylamine groups is 1. The van der Waals surface area contributed by atoms with Crippen molar-refractivity contribution in [2.24, 2.45) is 0 Å². The lowest BCUT2D eigenvalue weighted by atomic mass is 9.79. The summed E-state index contributed by atoms with van der Waals surface area (Å²) in [6.07, 6.45) is 0.608. The van der Waals surface area contributed by atoms with Crippen LogP contribution in [-0.4, -0.2) is 31.3 Å². The molecule has 0 aromatic heterocycles. The Morgan fingerprint density at radius 3 is 2.39 bits per heavy atom. The minimum atomic E-state index is -4.43. The van der Waals surface area contributed by atoms with Crippen LogP contribution in [0.5, 0.6) is 0 Å². The fourth-order valence-corrected chi connectivity index (χ4v) is 2.29. The van der Waals surface area contributed by atoms with Crippen LogP contribution in [0.1, 0.15) is 38.5 Å². The largest absolute Gasteiger partial charge is 0.414 e. The third-order valence-corrected chi connectivity index (χ3v) is 3.26. The first-order chi connectivity index (χ1) is 8.37. The van der Waals surface area contributed by atoms with Gasteiger partial charge in [0.25, 0.3) is 0 Å². The van der Waals surface area contributed by atoms with Crippen molar-refractivity contribution in [3.63, 3.8) is 0 Å². The predicted octanol–water partition coefficient (Wildman–Crippen LogP) is 1.91. The number of hydrogen-bond donors (Lipinski definition) is 2. The first-order valence-corrected chi connectivity index (χ1v) is 6.03. The molecule has 0 spiro atoms. The number of nitrogens with one attached hydrogen (secondary N) is 2. The first-order valence-electron chi connectivity index (χ1n) is 6.03. The molecule has 1 fully saturated rings. The fraction of sp³-hybridized carbons (Fsp3) is 0.909. The second-order valence-electron chi connectivity index (χ2n) is 4.70. The van der Waals surface area contributed by atoms with Gasteiger partial charge < -0.3 is 5.32 Å². The Balaban J connectivity index is 2.33. The molecule has 1 amide bonds. The van der Waals surface area contributed by atoms with E-state index in [0.717, 1.165) is 32.1 Å². The van der Waals surface area contributed by atoms with Gasteiger partial charge in [-0.1, -0.05) is 19.3 Å². The normalized spacial score (nSPS) is 19.6. The molecule has 0 atom stereocenters. The summed E-state index contributed by atoms with van der Waals surface area (Å²) in [4.78, 5) is 15.7. The molecule has 1 saturated carbocycles. The lowest BCUT2D eigenvalue weighted by Gasteiger charge is -2.36. The Kier molecular flexibility index (Phi) is 5.40. The highest BCUT2D eigenvalue weighted by Crippen LogP contribution is 2.30. The number of amides is 1. The van der Waals surface area contributed by atoms with Gasteiger partial charge in [0.1, 0.15) is 0 Å². The average Bonchev–Trinajstić information content (AvgIpc) is 2.28. The molecule has 0 aromatic carbocycles. The zero-order valence-corrected chi connectivity index (χ0v) is 10.4. The van der Waals surface area contributed by atoms with Crippen molar-refractivity contribution in [3.05, 3.63) is 0 Å². The molecular weight excluding hydrogens is 249 g/mol. The summed E-state index contributed by atoms with van der Waals surface area (Å²) in [5.74, 6) is -0.518. The highest BCUT2D eigenvalue weighted by molar-refractivity contribution is 5.76. The highest BCUT2D eigenvalue weighted by Gasteiger charge is 2.33. The topological polar surface area (TPSA) is 50.4 Å². The van der Waals surface area contributed by atoms with E-state index in [0.29, 0.717) is 0 Å². The van der Waals surface area contributed by atoms with E-state index < -0.39 is 18.7 Å². The Morgan fingerprint density at radius 2 is 1.89 bits per heavy atom. The second kappa shape index (κ2) is 6.38. The van der Waals surface area contributed by atoms with Crippen molar-refractivity contribution in [1.82, 2.24) is 10.8 Å². The van der Waals surface area contributed by atoms with Crippen molar-refractivity contribution in [2.75, 3.05) is 13.7 Å². The second-order valence-corrected chi connectivity index (χ2v) is 4.70. The molecule has 1 rings (SSSR count). The van der Waals surface area contributed by atoms with E-state index in [-0.39, 0.29) is 12.0 Å². The molecule has 2 N–H and O–H groups in total. The minimum Gasteiger partial charge on any atom is -0.314 e. The number of carbonyl (C=O) groups is 1. The lowest BCUT2D eigenvalue weighted by molar-refractivity contribution is -0.192. The van der Waals surface area contributed by atoms with Gasteiger partial charge in [-0.25, -0.2) is 5.48 Å². The van der Waals surface area contributed by atoms with Crippen LogP contribution in [-0.2, 0) is 9.63 Å². The lowest BCUT2D eigenvalue weighted by Crippen LogP contribution is -2.48. The third-order valence-electron chi connectivity index (χ3n) is 3.26. The predicted molar refractivity (Wildman–Crippen MR) is 59.6 cm³/mol. The highest BCUT2D eigenvalue weighted by atomic mass is 19.4. The summed E-state index contributed by atoms with van der Waals surface area (Å²) < 4.78 is 35.5. The van der Waals surface area contributed by atoms with Crippen molar-refractivity contribution in [1.29, 1.82) is 0 Å². The quantitative estimate of drug-likeness (QED) is 0.749. The molecule has 18 heavy (non-hydrogen) atoms. The van der Waals surface area contributed by atoms with Crippen LogP contribution in [0.4, 0.5) is 13.2 Å². The van der Waals surface area contributed by atoms with Gasteiger partial charge in [0.15, 0.2) is 6.61 Å². The van der Waals surface area contributed by atoms with Crippen LogP contribution in [0, 0.1) is 0 Å². The summed E-state index contributed by atoms with van der Waals surface area (Å²) in [5, 5.41) is 3.12. The van der Waals surface area contributed by atoms with E-state index >= 15 is 0 Å². The van der Waals surface area contributed by atoms with Crippen LogP contribution in [0.3, 0.4) is 0 Å². The molecule has 0 aromatic rings. The maximum absolute atomic E-state index is 11.8. The molecule has 0 unspecified atom stereocenters. The smallest absolute Gasteiger partial charge is 0.314 e. The molecular formula is C11H19F3N2O2. The average molecular weight is 268 g/mol. The molecule has 0 saturated heterocycles. The van der Waals surface area contributed by atoms with Gasteiger partial charge in [0, 0.05) is 12.0 Å². The van der Waals surface area contributed by atoms with Crippen molar-refractivity contribution >= 4 is 5.91 Å². The molecule has 1 aliphatic carbocycles. The number of rotatable bonds is 5. The third kappa shape index (κ3) is 5.22. The molecule has 106 valence electrons. The molecule has 4 nitrogen and oxygen atoms in total. The van der Waals surface area contributed by atoms with Gasteiger partial charge in [-0.05, 0) is 19.9 Å². The fourth-order valence-electron chi connectivity index (χ4n) is 2.29. The maximum Gasteiger partial charge on any atom is 0.414 e. The van der Waals surface area contributed by atoms with E-state index in [9.17, 15) is 18.0 Å². The Morgan fingerprint density at radius 1 is 1.28 bits per heavy atom. The van der Waals surface area contributed by atoms with Crippen molar-refractivity contribution in [3.8, 4) is 0 Å². The molecule has 0 radical (unpaired) electrons. The van der Waals surface area contributed by atoms with Gasteiger partial charge in [-0.15, -0.1) is 0 Å². The number of hydrogen-bond acceptors (Lipinski definition) is 3. The maximum atomic E-state index is 11.8. The summed E-state index contributed by atoms with van der Waals surface area (Å²) in [5.41, 5.74) is 1.54. The molecule has 0 bridgehead atoms. The molecule has 1 aliphatic rings. The monoisotopic (exact) mass is 268 g/mol. The summed E-state index contributed by atoms with van der Waals surface area (Å²) >= 11 is 0. The van der Waals surface area contributed by atoms with Crippen LogP contribution in [0.2, 0.25) is 0 Å². The Hall–Kier alpha value is -0.820. The standard InChI is InChI=1S/C11H19F3N2O2/c1-15-10(5-3-2-4-6-10)7-9(17)16-18-8-11(12,13)14/h15H,2-8H2,1H3,(H,16,17). The van der Waals surface area contributed by atoms with E-state index in [1.165, 1.54) is 0 Å². The van der Waals surface area contributed by atoms with Crippen LogP contribution < -0.4 is 10.8 Å². The summed E-state index contributed by atoms with van der Waals surface area (Å²) in [7, 11) is 1.77.